The van der Waals surface area contributed by atoms with Gasteiger partial charge in [0.1, 0.15) is 12.2 Å². The Hall–Kier alpha value is -2.26. The van der Waals surface area contributed by atoms with Crippen LogP contribution in [0.1, 0.15) is 36.1 Å². The average molecular weight is 291 g/mol. The smallest absolute Gasteiger partial charge is 0.124 e. The Bertz CT molecular complexity index is 763. The van der Waals surface area contributed by atoms with Crippen LogP contribution in [-0.2, 0) is 0 Å². The van der Waals surface area contributed by atoms with E-state index in [2.05, 4.69) is 31.7 Å². The highest BCUT2D eigenvalue weighted by molar-refractivity contribution is 6.67. The number of fused-ring (bicyclic) bond motifs is 3. The summed E-state index contributed by atoms with van der Waals surface area (Å²) in [5.74, 6) is 0. The molecule has 1 aliphatic heterocycles. The van der Waals surface area contributed by atoms with Crippen molar-refractivity contribution in [3.63, 3.8) is 0 Å². The number of nitrogens with zero attached hydrogens (tertiary/aromatic N) is 2. The highest BCUT2D eigenvalue weighted by Crippen LogP contribution is 2.37. The molecule has 0 radical (unpaired) electrons. The molecule has 0 spiro atoms. The molecule has 1 aromatic rings. The van der Waals surface area contributed by atoms with Crippen LogP contribution in [0.4, 0.5) is 0 Å². The van der Waals surface area contributed by atoms with Crippen molar-refractivity contribution in [1.82, 2.24) is 0 Å². The lowest BCUT2D eigenvalue weighted by atomic mass is 9.96. The Kier molecular flexibility index (Phi) is 3.67. The fourth-order valence-corrected chi connectivity index (χ4v) is 3.12. The first-order valence-electron chi connectivity index (χ1n) is 7.59. The van der Waals surface area contributed by atoms with Crippen LogP contribution < -0.4 is 5.73 Å². The fraction of sp³-hybridized carbons (Fsp3) is 0.263. The fourth-order valence-electron chi connectivity index (χ4n) is 3.12. The third-order valence-corrected chi connectivity index (χ3v) is 4.14. The van der Waals surface area contributed by atoms with Gasteiger partial charge in [0.25, 0.3) is 0 Å². The molecular weight excluding hydrogens is 270 g/mol. The molecule has 0 bridgehead atoms. The van der Waals surface area contributed by atoms with Gasteiger partial charge in [0.05, 0.1) is 11.4 Å². The lowest BCUT2D eigenvalue weighted by Crippen LogP contribution is -2.37. The summed E-state index contributed by atoms with van der Waals surface area (Å²) in [4.78, 5) is 9.53. The van der Waals surface area contributed by atoms with E-state index in [4.69, 9.17) is 15.7 Å². The first-order chi connectivity index (χ1) is 10.6. The van der Waals surface area contributed by atoms with Gasteiger partial charge in [-0.05, 0) is 31.9 Å². The molecule has 1 heterocycles. The summed E-state index contributed by atoms with van der Waals surface area (Å²) in [6.45, 7) is 10.4. The van der Waals surface area contributed by atoms with Crippen LogP contribution in [-0.4, -0.2) is 23.6 Å². The maximum Gasteiger partial charge on any atom is 0.124 e. The van der Waals surface area contributed by atoms with Gasteiger partial charge in [0.2, 0.25) is 0 Å². The van der Waals surface area contributed by atoms with Crippen molar-refractivity contribution in [2.75, 3.05) is 0 Å². The van der Waals surface area contributed by atoms with Crippen LogP contribution in [0, 0.1) is 6.92 Å². The van der Waals surface area contributed by atoms with Crippen LogP contribution >= 0.6 is 0 Å². The molecule has 2 aliphatic rings. The molecule has 3 heteroatoms. The zero-order valence-corrected chi connectivity index (χ0v) is 13.3. The number of allylic oxidation sites excluding steroid dienone is 3. The van der Waals surface area contributed by atoms with E-state index in [1.807, 2.05) is 32.1 Å². The van der Waals surface area contributed by atoms with Crippen LogP contribution in [0.2, 0.25) is 0 Å². The van der Waals surface area contributed by atoms with Gasteiger partial charge < -0.3 is 5.73 Å². The standard InChI is InChI=1S/C19H21N3/c1-5-7-13-10-9-11(3)15-16(13)12(4)17-18(15)22-19(20)14(21-17)8-6-2/h5-10,14,19H,4,20H2,1-3H3/b7-5-,8-6-. The number of hydrogen-bond acceptors (Lipinski definition) is 3. The van der Waals surface area contributed by atoms with Gasteiger partial charge >= 0.3 is 0 Å². The largest absolute Gasteiger partial charge is 0.308 e. The van der Waals surface area contributed by atoms with Crippen LogP contribution in [0.15, 0.2) is 46.9 Å². The first-order valence-corrected chi connectivity index (χ1v) is 7.59. The zero-order chi connectivity index (χ0) is 15.9. The van der Waals surface area contributed by atoms with Crippen LogP contribution in [0.25, 0.3) is 11.6 Å². The van der Waals surface area contributed by atoms with E-state index in [1.165, 1.54) is 5.56 Å². The van der Waals surface area contributed by atoms with Gasteiger partial charge in [0.15, 0.2) is 0 Å². The van der Waals surface area contributed by atoms with Gasteiger partial charge in [-0.1, -0.05) is 43.0 Å². The van der Waals surface area contributed by atoms with Crippen LogP contribution in [0.3, 0.4) is 0 Å². The summed E-state index contributed by atoms with van der Waals surface area (Å²) in [6, 6.07) is 4.14. The maximum absolute atomic E-state index is 6.18. The highest BCUT2D eigenvalue weighted by atomic mass is 15.1. The summed E-state index contributed by atoms with van der Waals surface area (Å²) in [5, 5.41) is 0. The van der Waals surface area contributed by atoms with Crippen molar-refractivity contribution in [3.05, 3.63) is 59.2 Å². The van der Waals surface area contributed by atoms with Crippen molar-refractivity contribution in [1.29, 1.82) is 0 Å². The van der Waals surface area contributed by atoms with E-state index in [0.717, 1.165) is 33.7 Å². The minimum absolute atomic E-state index is 0.111. The number of benzene rings is 1. The third-order valence-electron chi connectivity index (χ3n) is 4.14. The number of nitrogens with two attached hydrogens (primary N) is 1. The van der Waals surface area contributed by atoms with Gasteiger partial charge in [-0.2, -0.15) is 0 Å². The van der Waals surface area contributed by atoms with Crippen LogP contribution in [0.5, 0.6) is 0 Å². The number of aryl methyl sites for hydroxylation is 1. The average Bonchev–Trinajstić information content (AvgIpc) is 2.77. The molecule has 112 valence electrons. The molecule has 1 aromatic carbocycles. The van der Waals surface area contributed by atoms with E-state index < -0.39 is 0 Å². The second kappa shape index (κ2) is 5.50. The molecule has 0 aromatic heterocycles. The quantitative estimate of drug-likeness (QED) is 0.833. The predicted octanol–water partition coefficient (Wildman–Crippen LogP) is 3.53. The van der Waals surface area contributed by atoms with Gasteiger partial charge in [-0.3, -0.25) is 9.98 Å². The van der Waals surface area contributed by atoms with Crippen molar-refractivity contribution in [2.24, 2.45) is 15.7 Å². The Balaban J connectivity index is 2.24. The Morgan fingerprint density at radius 3 is 2.55 bits per heavy atom. The summed E-state index contributed by atoms with van der Waals surface area (Å²) >= 11 is 0. The minimum atomic E-state index is -0.335. The molecule has 0 saturated carbocycles. The first kappa shape index (κ1) is 14.7. The molecule has 0 amide bonds. The number of hydrogen-bond donors (Lipinski definition) is 1. The maximum atomic E-state index is 6.18. The lowest BCUT2D eigenvalue weighted by molar-refractivity contribution is 0.624. The molecule has 2 atom stereocenters. The summed E-state index contributed by atoms with van der Waals surface area (Å²) < 4.78 is 0. The van der Waals surface area contributed by atoms with E-state index in [1.54, 1.807) is 0 Å². The molecule has 2 N–H and O–H groups in total. The molecule has 0 saturated heterocycles. The van der Waals surface area contributed by atoms with E-state index in [9.17, 15) is 0 Å². The molecule has 2 unspecified atom stereocenters. The molecule has 0 fully saturated rings. The predicted molar refractivity (Wildman–Crippen MR) is 95.5 cm³/mol. The van der Waals surface area contributed by atoms with Gasteiger partial charge in [-0.25, -0.2) is 0 Å². The molecule has 3 nitrogen and oxygen atoms in total. The second-order valence-corrected chi connectivity index (χ2v) is 5.66. The Morgan fingerprint density at radius 1 is 1.09 bits per heavy atom. The van der Waals surface area contributed by atoms with E-state index >= 15 is 0 Å². The Morgan fingerprint density at radius 2 is 1.86 bits per heavy atom. The van der Waals surface area contributed by atoms with Crippen molar-refractivity contribution in [3.8, 4) is 0 Å². The SMILES string of the molecule is C=C1C2=NC(/C=C\C)C(N)N=C2c2c(C)ccc(/C=C\C)c21. The molecular formula is C19H21N3. The third kappa shape index (κ3) is 2.09. The van der Waals surface area contributed by atoms with E-state index in [-0.39, 0.29) is 12.2 Å². The number of aliphatic imine (C=N–C) groups is 2. The Labute approximate surface area is 131 Å². The monoisotopic (exact) mass is 291 g/mol. The topological polar surface area (TPSA) is 50.7 Å². The molecule has 3 rings (SSSR count). The zero-order valence-electron chi connectivity index (χ0n) is 13.3. The van der Waals surface area contributed by atoms with Crippen molar-refractivity contribution in [2.45, 2.75) is 33.0 Å². The minimum Gasteiger partial charge on any atom is -0.308 e. The summed E-state index contributed by atoms with van der Waals surface area (Å²) in [7, 11) is 0. The summed E-state index contributed by atoms with van der Waals surface area (Å²) in [5.41, 5.74) is 13.5. The lowest BCUT2D eigenvalue weighted by Gasteiger charge is -2.20. The van der Waals surface area contributed by atoms with E-state index in [0.29, 0.717) is 0 Å². The molecule has 22 heavy (non-hydrogen) atoms. The van der Waals surface area contributed by atoms with Gasteiger partial charge in [0, 0.05) is 16.7 Å². The number of rotatable bonds is 2. The van der Waals surface area contributed by atoms with Crippen molar-refractivity contribution < 1.29 is 0 Å². The van der Waals surface area contributed by atoms with Crippen molar-refractivity contribution >= 4 is 23.1 Å². The second-order valence-electron chi connectivity index (χ2n) is 5.66. The normalized spacial score (nSPS) is 23.7. The van der Waals surface area contributed by atoms with Gasteiger partial charge in [-0.15, -0.1) is 0 Å². The summed E-state index contributed by atoms with van der Waals surface area (Å²) in [6.07, 6.45) is 7.77. The highest BCUT2D eigenvalue weighted by Gasteiger charge is 2.35. The molecule has 1 aliphatic carbocycles.